The van der Waals surface area contributed by atoms with Crippen LogP contribution in [0, 0.1) is 0 Å². The van der Waals surface area contributed by atoms with Gasteiger partial charge in [-0.25, -0.2) is 0 Å². The summed E-state index contributed by atoms with van der Waals surface area (Å²) in [6.07, 6.45) is 43.8. The van der Waals surface area contributed by atoms with Gasteiger partial charge in [0.05, 0.1) is 40.3 Å². The third-order valence-corrected chi connectivity index (χ3v) is 9.14. The van der Waals surface area contributed by atoms with E-state index in [1.807, 2.05) is 0 Å². The van der Waals surface area contributed by atoms with Gasteiger partial charge in [0.15, 0.2) is 6.10 Å². The van der Waals surface area contributed by atoms with E-state index in [2.05, 4.69) is 74.6 Å². The Morgan fingerprint density at radius 1 is 0.574 bits per heavy atom. The van der Waals surface area contributed by atoms with Crippen molar-refractivity contribution in [3.63, 3.8) is 0 Å². The van der Waals surface area contributed by atoms with Crippen molar-refractivity contribution in [3.05, 3.63) is 60.8 Å². The molecule has 0 radical (unpaired) electrons. The average Bonchev–Trinajstić information content (AvgIpc) is 3.12. The number of carbonyl (C=O) groups is 3. The second-order valence-corrected chi connectivity index (χ2v) is 15.2. The smallest absolute Gasteiger partial charge is 0.306 e. The van der Waals surface area contributed by atoms with Crippen LogP contribution >= 0.6 is 0 Å². The van der Waals surface area contributed by atoms with Gasteiger partial charge in [0.2, 0.25) is 0 Å². The lowest BCUT2D eigenvalue weighted by molar-refractivity contribution is -0.889. The molecule has 0 fully saturated rings. The lowest BCUT2D eigenvalue weighted by Crippen LogP contribution is -2.55. The summed E-state index contributed by atoms with van der Waals surface area (Å²) in [5.41, 5.74) is 0. The zero-order valence-corrected chi connectivity index (χ0v) is 35.1. The first-order valence-corrected chi connectivity index (χ1v) is 21.3. The summed E-state index contributed by atoms with van der Waals surface area (Å²) < 4.78 is 17.1. The molecular formula is C46H79NO7. The van der Waals surface area contributed by atoms with Crippen LogP contribution in [0.4, 0.5) is 0 Å². The topological polar surface area (TPSA) is 102 Å². The molecule has 2 unspecified atom stereocenters. The Balaban J connectivity index is 4.43. The van der Waals surface area contributed by atoms with E-state index in [0.717, 1.165) is 103 Å². The van der Waals surface area contributed by atoms with Crippen molar-refractivity contribution >= 4 is 17.9 Å². The van der Waals surface area contributed by atoms with Gasteiger partial charge < -0.3 is 28.6 Å². The predicted octanol–water partition coefficient (Wildman–Crippen LogP) is 10.1. The number of unbranched alkanes of at least 4 members (excludes halogenated alkanes) is 13. The first-order valence-electron chi connectivity index (χ1n) is 21.3. The first kappa shape index (κ1) is 51.0. The Morgan fingerprint density at radius 3 is 1.54 bits per heavy atom. The van der Waals surface area contributed by atoms with Crippen LogP contribution in [-0.2, 0) is 28.6 Å². The van der Waals surface area contributed by atoms with Crippen LogP contribution in [0.25, 0.3) is 0 Å². The van der Waals surface area contributed by atoms with Gasteiger partial charge in [0.1, 0.15) is 12.6 Å². The number of carboxylic acid groups (broad SMARTS) is 1. The molecule has 0 bridgehead atoms. The minimum absolute atomic E-state index is 0.0266. The quantitative estimate of drug-likeness (QED) is 0.0269. The Bertz CT molecular complexity index is 1070. The summed E-state index contributed by atoms with van der Waals surface area (Å²) in [7, 11) is 5.39. The van der Waals surface area contributed by atoms with E-state index < -0.39 is 18.1 Å². The lowest BCUT2D eigenvalue weighted by Gasteiger charge is -2.34. The van der Waals surface area contributed by atoms with Crippen LogP contribution in [0.5, 0.6) is 0 Å². The molecule has 310 valence electrons. The number of rotatable bonds is 37. The standard InChI is InChI=1S/C46H79NO7/c1-6-8-10-12-14-16-18-20-22-24-26-28-30-32-34-36-44(48)53-41-42(40-52-39-38-43(46(50)51)47(3,4)5)54-45(49)37-35-33-31-29-27-25-23-21-19-17-15-13-11-9-7-2/h9,11,14-17,20-23,42-43H,6-8,10,12-13,18-19,24-41H2,1-5H3/b11-9-,16-14-,17-15-,22-20-,23-21-. The van der Waals surface area contributed by atoms with Gasteiger partial charge in [-0.3, -0.25) is 9.59 Å². The summed E-state index contributed by atoms with van der Waals surface area (Å²) in [4.78, 5) is 36.8. The van der Waals surface area contributed by atoms with Gasteiger partial charge in [-0.15, -0.1) is 0 Å². The molecule has 0 amide bonds. The Morgan fingerprint density at radius 2 is 1.04 bits per heavy atom. The lowest BCUT2D eigenvalue weighted by atomic mass is 10.1. The highest BCUT2D eigenvalue weighted by atomic mass is 16.6. The number of hydrogen-bond acceptors (Lipinski definition) is 7. The highest BCUT2D eigenvalue weighted by molar-refractivity contribution is 5.70. The SMILES string of the molecule is CC/C=C\C/C=C\C/C=C\CCCCCCCC(=O)OC(COCCC(C(=O)[O-])[N+](C)(C)C)COC(=O)CCCCCCC/C=C\C/C=C\CCCCC. The minimum Gasteiger partial charge on any atom is -0.544 e. The van der Waals surface area contributed by atoms with Crippen molar-refractivity contribution in [2.45, 2.75) is 174 Å². The number of aliphatic carboxylic acids is 1. The molecule has 0 aliphatic heterocycles. The number of nitrogens with zero attached hydrogens (tertiary/aromatic N) is 1. The fourth-order valence-corrected chi connectivity index (χ4v) is 5.82. The molecule has 0 heterocycles. The molecule has 0 aromatic carbocycles. The van der Waals surface area contributed by atoms with Crippen LogP contribution < -0.4 is 5.11 Å². The molecule has 0 aromatic rings. The van der Waals surface area contributed by atoms with Crippen molar-refractivity contribution in [2.75, 3.05) is 41.0 Å². The third-order valence-electron chi connectivity index (χ3n) is 9.14. The van der Waals surface area contributed by atoms with Crippen molar-refractivity contribution in [1.29, 1.82) is 0 Å². The maximum Gasteiger partial charge on any atom is 0.306 e. The molecule has 54 heavy (non-hydrogen) atoms. The van der Waals surface area contributed by atoms with E-state index in [-0.39, 0.29) is 42.7 Å². The maximum absolute atomic E-state index is 12.7. The largest absolute Gasteiger partial charge is 0.544 e. The normalized spacial score (nSPS) is 13.6. The number of carboxylic acids is 1. The van der Waals surface area contributed by atoms with E-state index in [4.69, 9.17) is 14.2 Å². The molecule has 0 saturated heterocycles. The van der Waals surface area contributed by atoms with Gasteiger partial charge in [0.25, 0.3) is 0 Å². The fourth-order valence-electron chi connectivity index (χ4n) is 5.82. The molecule has 2 atom stereocenters. The number of hydrogen-bond donors (Lipinski definition) is 0. The van der Waals surface area contributed by atoms with Crippen molar-refractivity contribution in [2.24, 2.45) is 0 Å². The number of quaternary nitrogens is 1. The molecule has 0 N–H and O–H groups in total. The number of allylic oxidation sites excluding steroid dienone is 10. The zero-order valence-electron chi connectivity index (χ0n) is 35.1. The van der Waals surface area contributed by atoms with Gasteiger partial charge in [-0.1, -0.05) is 126 Å². The average molecular weight is 758 g/mol. The fraction of sp³-hybridized carbons (Fsp3) is 0.717. The van der Waals surface area contributed by atoms with Crippen LogP contribution in [-0.4, -0.2) is 75.5 Å². The number of ether oxygens (including phenoxy) is 3. The summed E-state index contributed by atoms with van der Waals surface area (Å²) in [5, 5.41) is 11.6. The maximum atomic E-state index is 12.7. The van der Waals surface area contributed by atoms with E-state index in [0.29, 0.717) is 12.8 Å². The van der Waals surface area contributed by atoms with Crippen molar-refractivity contribution in [3.8, 4) is 0 Å². The Hall–Kier alpha value is -2.97. The highest BCUT2D eigenvalue weighted by Gasteiger charge is 2.25. The summed E-state index contributed by atoms with van der Waals surface area (Å²) in [6.45, 7) is 4.47. The van der Waals surface area contributed by atoms with Crippen LogP contribution in [0.3, 0.4) is 0 Å². The molecule has 0 aromatic heterocycles. The van der Waals surface area contributed by atoms with Crippen LogP contribution in [0.2, 0.25) is 0 Å². The number of esters is 2. The monoisotopic (exact) mass is 758 g/mol. The Kier molecular flexibility index (Phi) is 34.9. The molecule has 0 saturated carbocycles. The molecule has 0 rings (SSSR count). The molecule has 0 spiro atoms. The molecule has 8 heteroatoms. The summed E-state index contributed by atoms with van der Waals surface area (Å²) in [5.74, 6) is -1.78. The second-order valence-electron chi connectivity index (χ2n) is 15.2. The summed E-state index contributed by atoms with van der Waals surface area (Å²) in [6, 6.07) is -0.733. The van der Waals surface area contributed by atoms with E-state index in [1.165, 1.54) is 25.7 Å². The zero-order chi connectivity index (χ0) is 40.0. The Labute approximate surface area is 330 Å². The highest BCUT2D eigenvalue weighted by Crippen LogP contribution is 2.12. The molecular weight excluding hydrogens is 679 g/mol. The van der Waals surface area contributed by atoms with Gasteiger partial charge in [-0.2, -0.15) is 0 Å². The van der Waals surface area contributed by atoms with Crippen molar-refractivity contribution < 1.29 is 38.2 Å². The molecule has 0 aliphatic rings. The summed E-state index contributed by atoms with van der Waals surface area (Å²) >= 11 is 0. The van der Waals surface area contributed by atoms with Crippen LogP contribution in [0.15, 0.2) is 60.8 Å². The molecule has 0 aliphatic carbocycles. The van der Waals surface area contributed by atoms with Crippen molar-refractivity contribution in [1.82, 2.24) is 0 Å². The third kappa shape index (κ3) is 34.8. The van der Waals surface area contributed by atoms with Crippen LogP contribution in [0.1, 0.15) is 162 Å². The number of carbonyl (C=O) groups excluding carboxylic acids is 3. The molecule has 8 nitrogen and oxygen atoms in total. The predicted molar refractivity (Wildman–Crippen MR) is 222 cm³/mol. The van der Waals surface area contributed by atoms with Gasteiger partial charge >= 0.3 is 11.9 Å². The van der Waals surface area contributed by atoms with E-state index in [1.54, 1.807) is 21.1 Å². The number of likely N-dealkylation sites (N-methyl/N-ethyl adjacent to an activating group) is 1. The van der Waals surface area contributed by atoms with E-state index in [9.17, 15) is 19.5 Å². The second kappa shape index (κ2) is 37.0. The first-order chi connectivity index (χ1) is 26.1. The van der Waals surface area contributed by atoms with Gasteiger partial charge in [-0.05, 0) is 77.0 Å². The minimum atomic E-state index is -1.13. The van der Waals surface area contributed by atoms with E-state index >= 15 is 0 Å². The van der Waals surface area contributed by atoms with Gasteiger partial charge in [0, 0.05) is 19.3 Å².